The van der Waals surface area contributed by atoms with Gasteiger partial charge in [-0.05, 0) is 50.1 Å². The highest BCUT2D eigenvalue weighted by atomic mass is 16.4. The standard InChI is InChI=1S/C19H19N3O3/c1-4-22-10-15(19(24)25)17(23)14-9-13(8-12(3)16(14)22)21-18-11(2)6-5-7-20-18/h5-10H,4H2,1-3H3,(H,20,21)(H,24,25). The molecular formula is C19H19N3O3. The summed E-state index contributed by atoms with van der Waals surface area (Å²) in [6, 6.07) is 7.42. The van der Waals surface area contributed by atoms with E-state index < -0.39 is 11.4 Å². The molecule has 3 aromatic rings. The predicted molar refractivity (Wildman–Crippen MR) is 97.8 cm³/mol. The molecule has 2 N–H and O–H groups in total. The number of hydrogen-bond acceptors (Lipinski definition) is 4. The van der Waals surface area contributed by atoms with Crippen molar-refractivity contribution in [3.63, 3.8) is 0 Å². The van der Waals surface area contributed by atoms with Gasteiger partial charge in [-0.25, -0.2) is 9.78 Å². The minimum absolute atomic E-state index is 0.222. The zero-order valence-electron chi connectivity index (χ0n) is 14.3. The van der Waals surface area contributed by atoms with E-state index in [2.05, 4.69) is 10.3 Å². The molecule has 3 rings (SSSR count). The Balaban J connectivity index is 2.24. The molecule has 2 heterocycles. The summed E-state index contributed by atoms with van der Waals surface area (Å²) < 4.78 is 1.80. The molecule has 2 aromatic heterocycles. The van der Waals surface area contributed by atoms with Crippen molar-refractivity contribution in [1.29, 1.82) is 0 Å². The molecule has 0 spiro atoms. The van der Waals surface area contributed by atoms with Gasteiger partial charge in [0.05, 0.1) is 5.52 Å². The topological polar surface area (TPSA) is 84.2 Å². The summed E-state index contributed by atoms with van der Waals surface area (Å²) >= 11 is 0. The highest BCUT2D eigenvalue weighted by Gasteiger charge is 2.16. The lowest BCUT2D eigenvalue weighted by Gasteiger charge is -2.15. The Morgan fingerprint density at radius 2 is 2.04 bits per heavy atom. The zero-order valence-corrected chi connectivity index (χ0v) is 14.3. The maximum atomic E-state index is 12.6. The van der Waals surface area contributed by atoms with Crippen LogP contribution >= 0.6 is 0 Å². The van der Waals surface area contributed by atoms with Gasteiger partial charge < -0.3 is 15.0 Å². The summed E-state index contributed by atoms with van der Waals surface area (Å²) in [5.41, 5.74) is 2.63. The first-order valence-electron chi connectivity index (χ1n) is 8.02. The summed E-state index contributed by atoms with van der Waals surface area (Å²) in [5.74, 6) is -0.517. The van der Waals surface area contributed by atoms with Crippen molar-refractivity contribution in [2.75, 3.05) is 5.32 Å². The summed E-state index contributed by atoms with van der Waals surface area (Å²) in [6.45, 7) is 6.34. The van der Waals surface area contributed by atoms with Crippen LogP contribution in [-0.4, -0.2) is 20.6 Å². The van der Waals surface area contributed by atoms with Crippen molar-refractivity contribution in [3.8, 4) is 0 Å². The van der Waals surface area contributed by atoms with Crippen LogP contribution in [0.1, 0.15) is 28.4 Å². The number of aromatic nitrogens is 2. The van der Waals surface area contributed by atoms with Gasteiger partial charge in [0, 0.05) is 30.0 Å². The second-order valence-corrected chi connectivity index (χ2v) is 5.95. The van der Waals surface area contributed by atoms with E-state index in [4.69, 9.17) is 0 Å². The molecule has 6 heteroatoms. The molecular weight excluding hydrogens is 318 g/mol. The summed E-state index contributed by atoms with van der Waals surface area (Å²) in [7, 11) is 0. The predicted octanol–water partition coefficient (Wildman–Crippen LogP) is 3.48. The molecule has 0 saturated carbocycles. The number of hydrogen-bond donors (Lipinski definition) is 2. The van der Waals surface area contributed by atoms with Gasteiger partial charge in [-0.15, -0.1) is 0 Å². The number of nitrogens with zero attached hydrogens (tertiary/aromatic N) is 2. The Morgan fingerprint density at radius 3 is 2.68 bits per heavy atom. The number of benzene rings is 1. The van der Waals surface area contributed by atoms with E-state index in [0.29, 0.717) is 23.4 Å². The molecule has 0 aliphatic carbocycles. The molecule has 1 aromatic carbocycles. The van der Waals surface area contributed by atoms with E-state index in [1.54, 1.807) is 16.8 Å². The van der Waals surface area contributed by atoms with E-state index in [9.17, 15) is 14.7 Å². The number of fused-ring (bicyclic) bond motifs is 1. The molecule has 0 atom stereocenters. The third-order valence-electron chi connectivity index (χ3n) is 4.21. The first-order valence-corrected chi connectivity index (χ1v) is 8.02. The molecule has 0 radical (unpaired) electrons. The summed E-state index contributed by atoms with van der Waals surface area (Å²) in [6.07, 6.45) is 3.10. The smallest absolute Gasteiger partial charge is 0.341 e. The number of aryl methyl sites for hydroxylation is 3. The van der Waals surface area contributed by atoms with Gasteiger partial charge in [-0.3, -0.25) is 4.79 Å². The first-order chi connectivity index (χ1) is 11.9. The Kier molecular flexibility index (Phi) is 4.27. The van der Waals surface area contributed by atoms with Crippen LogP contribution in [0.5, 0.6) is 0 Å². The van der Waals surface area contributed by atoms with Crippen LogP contribution in [-0.2, 0) is 6.54 Å². The van der Waals surface area contributed by atoms with Crippen LogP contribution in [0.25, 0.3) is 10.9 Å². The fourth-order valence-corrected chi connectivity index (χ4v) is 2.99. The molecule has 0 unspecified atom stereocenters. The number of carboxylic acids is 1. The van der Waals surface area contributed by atoms with E-state index in [1.807, 2.05) is 39.0 Å². The van der Waals surface area contributed by atoms with Gasteiger partial charge in [0.15, 0.2) is 0 Å². The SMILES string of the molecule is CCn1cc(C(=O)O)c(=O)c2cc(Nc3ncccc3C)cc(C)c21. The largest absolute Gasteiger partial charge is 0.477 e. The van der Waals surface area contributed by atoms with E-state index >= 15 is 0 Å². The minimum Gasteiger partial charge on any atom is -0.477 e. The van der Waals surface area contributed by atoms with Crippen LogP contribution in [0.15, 0.2) is 41.5 Å². The van der Waals surface area contributed by atoms with Crippen molar-refractivity contribution in [3.05, 3.63) is 63.6 Å². The summed E-state index contributed by atoms with van der Waals surface area (Å²) in [5, 5.41) is 12.9. The molecule has 0 bridgehead atoms. The molecule has 0 saturated heterocycles. The van der Waals surface area contributed by atoms with Gasteiger partial charge in [0.1, 0.15) is 11.4 Å². The Morgan fingerprint density at radius 1 is 1.28 bits per heavy atom. The number of nitrogens with one attached hydrogen (secondary N) is 1. The van der Waals surface area contributed by atoms with Gasteiger partial charge in [-0.2, -0.15) is 0 Å². The van der Waals surface area contributed by atoms with Crippen LogP contribution in [0, 0.1) is 13.8 Å². The van der Waals surface area contributed by atoms with Crippen molar-refractivity contribution >= 4 is 28.4 Å². The molecule has 0 aliphatic heterocycles. The van der Waals surface area contributed by atoms with Crippen LogP contribution < -0.4 is 10.7 Å². The maximum absolute atomic E-state index is 12.6. The van der Waals surface area contributed by atoms with E-state index in [-0.39, 0.29) is 5.56 Å². The molecule has 0 aliphatic rings. The Labute approximate surface area is 144 Å². The van der Waals surface area contributed by atoms with E-state index in [0.717, 1.165) is 16.6 Å². The quantitative estimate of drug-likeness (QED) is 0.761. The number of aromatic carboxylic acids is 1. The average Bonchev–Trinajstić information content (AvgIpc) is 2.57. The molecule has 128 valence electrons. The average molecular weight is 337 g/mol. The van der Waals surface area contributed by atoms with Gasteiger partial charge in [0.2, 0.25) is 5.43 Å². The van der Waals surface area contributed by atoms with Crippen molar-refractivity contribution in [1.82, 2.24) is 9.55 Å². The van der Waals surface area contributed by atoms with Crippen molar-refractivity contribution < 1.29 is 9.90 Å². The third-order valence-corrected chi connectivity index (χ3v) is 4.21. The maximum Gasteiger partial charge on any atom is 0.341 e. The fourth-order valence-electron chi connectivity index (χ4n) is 2.99. The minimum atomic E-state index is -1.22. The molecule has 0 fully saturated rings. The zero-order chi connectivity index (χ0) is 18.1. The van der Waals surface area contributed by atoms with Crippen molar-refractivity contribution in [2.45, 2.75) is 27.3 Å². The number of pyridine rings is 2. The lowest BCUT2D eigenvalue weighted by Crippen LogP contribution is -2.19. The Hall–Kier alpha value is -3.15. The highest BCUT2D eigenvalue weighted by Crippen LogP contribution is 2.25. The van der Waals surface area contributed by atoms with E-state index in [1.165, 1.54) is 6.20 Å². The highest BCUT2D eigenvalue weighted by molar-refractivity contribution is 5.94. The number of rotatable bonds is 4. The molecule has 6 nitrogen and oxygen atoms in total. The van der Waals surface area contributed by atoms with Crippen molar-refractivity contribution in [2.24, 2.45) is 0 Å². The van der Waals surface area contributed by atoms with Crippen LogP contribution in [0.4, 0.5) is 11.5 Å². The lowest BCUT2D eigenvalue weighted by molar-refractivity contribution is 0.0695. The number of carboxylic acid groups (broad SMARTS) is 1. The molecule has 25 heavy (non-hydrogen) atoms. The second-order valence-electron chi connectivity index (χ2n) is 5.95. The van der Waals surface area contributed by atoms with Gasteiger partial charge in [-0.1, -0.05) is 6.07 Å². The first kappa shape index (κ1) is 16.7. The monoisotopic (exact) mass is 337 g/mol. The van der Waals surface area contributed by atoms with Gasteiger partial charge >= 0.3 is 5.97 Å². The third kappa shape index (κ3) is 2.98. The fraction of sp³-hybridized carbons (Fsp3) is 0.211. The van der Waals surface area contributed by atoms with Gasteiger partial charge in [0.25, 0.3) is 0 Å². The normalized spacial score (nSPS) is 10.8. The number of anilines is 2. The van der Waals surface area contributed by atoms with Crippen LogP contribution in [0.2, 0.25) is 0 Å². The molecule has 0 amide bonds. The summed E-state index contributed by atoms with van der Waals surface area (Å²) in [4.78, 5) is 28.3. The van der Waals surface area contributed by atoms with Crippen LogP contribution in [0.3, 0.4) is 0 Å². The second kappa shape index (κ2) is 6.39. The lowest BCUT2D eigenvalue weighted by atomic mass is 10.1. The Bertz CT molecular complexity index is 1040. The number of carbonyl (C=O) groups is 1.